The van der Waals surface area contributed by atoms with Crippen LogP contribution in [0.1, 0.15) is 18.1 Å². The van der Waals surface area contributed by atoms with Gasteiger partial charge >= 0.3 is 6.18 Å². The van der Waals surface area contributed by atoms with Crippen molar-refractivity contribution in [1.29, 1.82) is 0 Å². The number of nitrogens with zero attached hydrogens (tertiary/aromatic N) is 1. The number of nitrogens with one attached hydrogen (secondary N) is 1. The Labute approximate surface area is 141 Å². The molecule has 24 heavy (non-hydrogen) atoms. The number of ether oxygens (including phenoxy) is 1. The maximum absolute atomic E-state index is 12.7. The highest BCUT2D eigenvalue weighted by molar-refractivity contribution is 6.33. The molecule has 0 aliphatic heterocycles. The first-order valence-corrected chi connectivity index (χ1v) is 7.31. The highest BCUT2D eigenvalue weighted by Crippen LogP contribution is 2.34. The fourth-order valence-electron chi connectivity index (χ4n) is 1.87. The van der Waals surface area contributed by atoms with E-state index in [1.807, 2.05) is 0 Å². The summed E-state index contributed by atoms with van der Waals surface area (Å²) in [5.74, 6) is 0.179. The summed E-state index contributed by atoms with van der Waals surface area (Å²) in [6.45, 7) is 2.16. The van der Waals surface area contributed by atoms with Gasteiger partial charge in [-0.1, -0.05) is 17.7 Å². The molecule has 2 rings (SSSR count). The lowest BCUT2D eigenvalue weighted by Gasteiger charge is -2.10. The molecule has 0 bridgehead atoms. The second-order valence-electron chi connectivity index (χ2n) is 4.69. The van der Waals surface area contributed by atoms with Gasteiger partial charge in [0.15, 0.2) is 11.5 Å². The predicted octanol–water partition coefficient (Wildman–Crippen LogP) is 4.91. The molecule has 0 radical (unpaired) electrons. The van der Waals surface area contributed by atoms with Gasteiger partial charge in [-0.25, -0.2) is 0 Å². The standard InChI is InChI=1S/C16H14ClF3N2O2/c1-2-24-14-5-3-4-10(15(14)23)9-21-22-13-8-11(16(18,19)20)6-7-12(13)17/h3-9,22-23H,2H2,1H3/b21-9+. The van der Waals surface area contributed by atoms with Gasteiger partial charge in [-0.3, -0.25) is 5.43 Å². The number of aromatic hydroxyl groups is 1. The SMILES string of the molecule is CCOc1cccc(/C=N/Nc2cc(C(F)(F)F)ccc2Cl)c1O. The number of anilines is 1. The lowest BCUT2D eigenvalue weighted by molar-refractivity contribution is -0.137. The minimum atomic E-state index is -4.48. The maximum atomic E-state index is 12.7. The zero-order valence-corrected chi connectivity index (χ0v) is 13.3. The minimum absolute atomic E-state index is 0.00296. The highest BCUT2D eigenvalue weighted by Gasteiger charge is 2.30. The number of hydrogen-bond acceptors (Lipinski definition) is 4. The van der Waals surface area contributed by atoms with Crippen molar-refractivity contribution < 1.29 is 23.0 Å². The van der Waals surface area contributed by atoms with Crippen molar-refractivity contribution >= 4 is 23.5 Å². The van der Waals surface area contributed by atoms with Crippen molar-refractivity contribution in [3.05, 3.63) is 52.5 Å². The smallest absolute Gasteiger partial charge is 0.416 e. The lowest BCUT2D eigenvalue weighted by Crippen LogP contribution is -2.05. The third-order valence-corrected chi connectivity index (χ3v) is 3.34. The molecule has 0 aromatic heterocycles. The number of halogens is 4. The van der Waals surface area contributed by atoms with Crippen LogP contribution >= 0.6 is 11.6 Å². The summed E-state index contributed by atoms with van der Waals surface area (Å²) in [6, 6.07) is 7.70. The topological polar surface area (TPSA) is 53.8 Å². The van der Waals surface area contributed by atoms with Crippen molar-refractivity contribution in [1.82, 2.24) is 0 Å². The van der Waals surface area contributed by atoms with Crippen LogP contribution in [0.25, 0.3) is 0 Å². The van der Waals surface area contributed by atoms with Gasteiger partial charge < -0.3 is 9.84 Å². The van der Waals surface area contributed by atoms with Gasteiger partial charge in [0.1, 0.15) is 0 Å². The Kier molecular flexibility index (Phi) is 5.56. The average Bonchev–Trinajstić information content (AvgIpc) is 2.51. The van der Waals surface area contributed by atoms with E-state index < -0.39 is 11.7 Å². The van der Waals surface area contributed by atoms with E-state index in [1.165, 1.54) is 6.21 Å². The molecule has 0 aliphatic rings. The van der Waals surface area contributed by atoms with Crippen LogP contribution in [0.4, 0.5) is 18.9 Å². The summed E-state index contributed by atoms with van der Waals surface area (Å²) in [5, 5.41) is 13.9. The molecular weight excluding hydrogens is 345 g/mol. The Morgan fingerprint density at radius 3 is 2.71 bits per heavy atom. The Hall–Kier alpha value is -2.41. The number of hydrazone groups is 1. The molecule has 0 saturated heterocycles. The highest BCUT2D eigenvalue weighted by atomic mass is 35.5. The summed E-state index contributed by atoms with van der Waals surface area (Å²) >= 11 is 5.85. The van der Waals surface area contributed by atoms with Crippen LogP contribution in [0.3, 0.4) is 0 Å². The third kappa shape index (κ3) is 4.32. The first-order chi connectivity index (χ1) is 11.3. The summed E-state index contributed by atoms with van der Waals surface area (Å²) < 4.78 is 43.3. The molecule has 0 aliphatic carbocycles. The number of phenols is 1. The molecule has 128 valence electrons. The summed E-state index contributed by atoms with van der Waals surface area (Å²) in [6.07, 6.45) is -3.22. The minimum Gasteiger partial charge on any atom is -0.504 e. The van der Waals surface area contributed by atoms with Crippen molar-refractivity contribution in [2.75, 3.05) is 12.0 Å². The van der Waals surface area contributed by atoms with E-state index in [9.17, 15) is 18.3 Å². The summed E-state index contributed by atoms with van der Waals surface area (Å²) in [4.78, 5) is 0. The van der Waals surface area contributed by atoms with E-state index in [0.717, 1.165) is 18.2 Å². The Morgan fingerprint density at radius 2 is 2.04 bits per heavy atom. The van der Waals surface area contributed by atoms with E-state index in [2.05, 4.69) is 10.5 Å². The molecule has 2 aromatic carbocycles. The van der Waals surface area contributed by atoms with Crippen molar-refractivity contribution in [3.8, 4) is 11.5 Å². The molecule has 2 N–H and O–H groups in total. The number of rotatable bonds is 5. The molecule has 0 heterocycles. The van der Waals surface area contributed by atoms with Crippen molar-refractivity contribution in [3.63, 3.8) is 0 Å². The lowest BCUT2D eigenvalue weighted by atomic mass is 10.2. The predicted molar refractivity (Wildman–Crippen MR) is 86.9 cm³/mol. The van der Waals surface area contributed by atoms with E-state index in [1.54, 1.807) is 25.1 Å². The van der Waals surface area contributed by atoms with E-state index in [0.29, 0.717) is 17.9 Å². The van der Waals surface area contributed by atoms with Crippen LogP contribution in [0.5, 0.6) is 11.5 Å². The van der Waals surface area contributed by atoms with E-state index >= 15 is 0 Å². The van der Waals surface area contributed by atoms with Crippen LogP contribution in [0.2, 0.25) is 5.02 Å². The first-order valence-electron chi connectivity index (χ1n) is 6.93. The van der Waals surface area contributed by atoms with Crippen LogP contribution in [-0.4, -0.2) is 17.9 Å². The van der Waals surface area contributed by atoms with Crippen LogP contribution in [-0.2, 0) is 6.18 Å². The molecule has 2 aromatic rings. The van der Waals surface area contributed by atoms with Crippen molar-refractivity contribution in [2.45, 2.75) is 13.1 Å². The van der Waals surface area contributed by atoms with Gasteiger partial charge in [0.25, 0.3) is 0 Å². The van der Waals surface area contributed by atoms with Crippen molar-refractivity contribution in [2.24, 2.45) is 5.10 Å². The second-order valence-corrected chi connectivity index (χ2v) is 5.10. The molecule has 0 fully saturated rings. The number of alkyl halides is 3. The number of hydrogen-bond donors (Lipinski definition) is 2. The maximum Gasteiger partial charge on any atom is 0.416 e. The largest absolute Gasteiger partial charge is 0.504 e. The van der Waals surface area contributed by atoms with Gasteiger partial charge in [0, 0.05) is 5.56 Å². The molecule has 0 saturated carbocycles. The van der Waals surface area contributed by atoms with E-state index in [-0.39, 0.29) is 16.5 Å². The second kappa shape index (κ2) is 7.44. The van der Waals surface area contributed by atoms with Gasteiger partial charge in [0.05, 0.1) is 29.1 Å². The van der Waals surface area contributed by atoms with E-state index in [4.69, 9.17) is 16.3 Å². The summed E-state index contributed by atoms with van der Waals surface area (Å²) in [5.41, 5.74) is 1.94. The number of para-hydroxylation sites is 1. The Morgan fingerprint density at radius 1 is 1.29 bits per heavy atom. The van der Waals surface area contributed by atoms with Gasteiger partial charge in [-0.2, -0.15) is 18.3 Å². The summed E-state index contributed by atoms with van der Waals surface area (Å²) in [7, 11) is 0. The molecular formula is C16H14ClF3N2O2. The monoisotopic (exact) mass is 358 g/mol. The van der Waals surface area contributed by atoms with Gasteiger partial charge in [0.2, 0.25) is 0 Å². The van der Waals surface area contributed by atoms with Gasteiger partial charge in [-0.05, 0) is 37.3 Å². The van der Waals surface area contributed by atoms with Crippen LogP contribution in [0.15, 0.2) is 41.5 Å². The molecule has 0 unspecified atom stereocenters. The molecule has 4 nitrogen and oxygen atoms in total. The molecule has 0 atom stereocenters. The Balaban J connectivity index is 2.19. The molecule has 8 heteroatoms. The molecule has 0 amide bonds. The zero-order valence-electron chi connectivity index (χ0n) is 12.6. The van der Waals surface area contributed by atoms with Crippen LogP contribution in [0, 0.1) is 0 Å². The molecule has 0 spiro atoms. The third-order valence-electron chi connectivity index (χ3n) is 3.01. The van der Waals surface area contributed by atoms with Crippen LogP contribution < -0.4 is 10.2 Å². The fourth-order valence-corrected chi connectivity index (χ4v) is 2.03. The van der Waals surface area contributed by atoms with Gasteiger partial charge in [-0.15, -0.1) is 0 Å². The number of phenolic OH excluding ortho intramolecular Hbond substituents is 1. The average molecular weight is 359 g/mol. The quantitative estimate of drug-likeness (QED) is 0.590. The number of benzene rings is 2. The zero-order chi connectivity index (χ0) is 17.7. The normalized spacial score (nSPS) is 11.7. The first kappa shape index (κ1) is 17.9. The Bertz CT molecular complexity index is 749. The fraction of sp³-hybridized carbons (Fsp3) is 0.188.